The lowest BCUT2D eigenvalue weighted by Gasteiger charge is -2.29. The third-order valence-corrected chi connectivity index (χ3v) is 5.46. The summed E-state index contributed by atoms with van der Waals surface area (Å²) in [5.41, 5.74) is 2.81. The summed E-state index contributed by atoms with van der Waals surface area (Å²) in [6, 6.07) is 10.1. The van der Waals surface area contributed by atoms with Crippen molar-refractivity contribution in [3.8, 4) is 5.75 Å². The zero-order valence-electron chi connectivity index (χ0n) is 17.1. The smallest absolute Gasteiger partial charge is 0.261 e. The zero-order chi connectivity index (χ0) is 21.6. The highest BCUT2D eigenvalue weighted by Gasteiger charge is 2.27. The predicted molar refractivity (Wildman–Crippen MR) is 117 cm³/mol. The zero-order valence-corrected chi connectivity index (χ0v) is 18.6. The number of nitrogens with zero attached hydrogens (tertiary/aromatic N) is 1. The highest BCUT2D eigenvalue weighted by atomic mass is 35.5. The summed E-state index contributed by atoms with van der Waals surface area (Å²) in [5.74, 6) is 0.0102. The number of carbonyl (C=O) groups is 2. The minimum absolute atomic E-state index is 0.103. The monoisotopic (exact) mass is 436 g/mol. The number of likely N-dealkylation sites (N-methyl/N-ethyl adjacent to an activating group) is 1. The fraction of sp³-hybridized carbons (Fsp3) is 0.364. The Balaban J connectivity index is 2.22. The fourth-order valence-electron chi connectivity index (χ4n) is 2.79. The fourth-order valence-corrected chi connectivity index (χ4v) is 3.31. The lowest BCUT2D eigenvalue weighted by Crippen LogP contribution is -2.49. The van der Waals surface area contributed by atoms with Crippen LogP contribution in [0.3, 0.4) is 0 Å². The molecule has 0 aromatic heterocycles. The Morgan fingerprint density at radius 1 is 1.10 bits per heavy atom. The highest BCUT2D eigenvalue weighted by molar-refractivity contribution is 6.36. The Morgan fingerprint density at radius 2 is 1.76 bits per heavy atom. The van der Waals surface area contributed by atoms with Crippen LogP contribution in [0.4, 0.5) is 0 Å². The summed E-state index contributed by atoms with van der Waals surface area (Å²) in [6.07, 6.45) is 0. The molecular formula is C22H26Cl2N2O3. The Morgan fingerprint density at radius 3 is 2.34 bits per heavy atom. The first kappa shape index (κ1) is 23.0. The van der Waals surface area contributed by atoms with E-state index in [9.17, 15) is 9.59 Å². The number of hydrogen-bond acceptors (Lipinski definition) is 3. The van der Waals surface area contributed by atoms with E-state index >= 15 is 0 Å². The Labute approximate surface area is 181 Å². The van der Waals surface area contributed by atoms with Crippen molar-refractivity contribution in [2.45, 2.75) is 40.3 Å². The van der Waals surface area contributed by atoms with Crippen LogP contribution < -0.4 is 10.1 Å². The number of nitrogens with one attached hydrogen (secondary N) is 1. The van der Waals surface area contributed by atoms with Gasteiger partial charge in [-0.2, -0.15) is 0 Å². The van der Waals surface area contributed by atoms with Gasteiger partial charge in [0.1, 0.15) is 11.8 Å². The lowest BCUT2D eigenvalue weighted by molar-refractivity contribution is -0.142. The predicted octanol–water partition coefficient (Wildman–Crippen LogP) is 4.54. The molecule has 0 unspecified atom stereocenters. The second kappa shape index (κ2) is 10.5. The van der Waals surface area contributed by atoms with Crippen LogP contribution >= 0.6 is 23.2 Å². The minimum atomic E-state index is -0.710. The number of aryl methyl sites for hydroxylation is 2. The van der Waals surface area contributed by atoms with Crippen molar-refractivity contribution in [1.82, 2.24) is 10.2 Å². The average Bonchev–Trinajstić information content (AvgIpc) is 2.68. The highest BCUT2D eigenvalue weighted by Crippen LogP contribution is 2.26. The largest absolute Gasteiger partial charge is 0.484 e. The molecule has 156 valence electrons. The summed E-state index contributed by atoms with van der Waals surface area (Å²) < 4.78 is 5.68. The quantitative estimate of drug-likeness (QED) is 0.660. The van der Waals surface area contributed by atoms with Gasteiger partial charge in [0, 0.05) is 28.7 Å². The van der Waals surface area contributed by atoms with Crippen molar-refractivity contribution < 1.29 is 14.3 Å². The molecule has 0 heterocycles. The van der Waals surface area contributed by atoms with E-state index in [-0.39, 0.29) is 25.0 Å². The van der Waals surface area contributed by atoms with Gasteiger partial charge in [0.05, 0.1) is 0 Å². The molecular weight excluding hydrogens is 411 g/mol. The van der Waals surface area contributed by atoms with E-state index in [0.717, 1.165) is 11.1 Å². The molecule has 7 heteroatoms. The molecule has 0 bridgehead atoms. The molecule has 0 saturated heterocycles. The molecule has 0 fully saturated rings. The van der Waals surface area contributed by atoms with Crippen molar-refractivity contribution in [2.24, 2.45) is 0 Å². The van der Waals surface area contributed by atoms with Gasteiger partial charge in [0.15, 0.2) is 6.61 Å². The van der Waals surface area contributed by atoms with Crippen molar-refractivity contribution >= 4 is 35.0 Å². The normalized spacial score (nSPS) is 11.7. The van der Waals surface area contributed by atoms with Crippen molar-refractivity contribution in [3.63, 3.8) is 0 Å². The molecule has 0 radical (unpaired) electrons. The molecule has 0 spiro atoms. The first-order valence-corrected chi connectivity index (χ1v) is 10.2. The molecule has 2 amide bonds. The van der Waals surface area contributed by atoms with Crippen LogP contribution in [0.25, 0.3) is 0 Å². The first-order chi connectivity index (χ1) is 13.7. The van der Waals surface area contributed by atoms with Crippen LogP contribution in [0.2, 0.25) is 10.0 Å². The standard InChI is InChI=1S/C22H26Cl2N2O3/c1-5-25-22(28)16(4)26(12-18-19(23)7-6-8-20(18)24)21(27)13-29-17-10-9-14(2)15(3)11-17/h6-11,16H,5,12-13H2,1-4H3,(H,25,28)/t16-/m0/s1. The maximum absolute atomic E-state index is 13.0. The van der Waals surface area contributed by atoms with Crippen LogP contribution in [-0.2, 0) is 16.1 Å². The number of carbonyl (C=O) groups excluding carboxylic acids is 2. The number of rotatable bonds is 8. The van der Waals surface area contributed by atoms with Gasteiger partial charge in [-0.25, -0.2) is 0 Å². The van der Waals surface area contributed by atoms with Crippen molar-refractivity contribution in [2.75, 3.05) is 13.2 Å². The molecule has 2 aromatic rings. The second-order valence-corrected chi connectivity index (χ2v) is 7.64. The van der Waals surface area contributed by atoms with E-state index in [1.165, 1.54) is 4.90 Å². The molecule has 0 saturated carbocycles. The van der Waals surface area contributed by atoms with Gasteiger partial charge < -0.3 is 15.0 Å². The SMILES string of the molecule is CCNC(=O)[C@H](C)N(Cc1c(Cl)cccc1Cl)C(=O)COc1ccc(C)c(C)c1. The number of amides is 2. The molecule has 2 rings (SSSR count). The Kier molecular flexibility index (Phi) is 8.35. The molecule has 1 N–H and O–H groups in total. The summed E-state index contributed by atoms with van der Waals surface area (Å²) in [7, 11) is 0. The van der Waals surface area contributed by atoms with Gasteiger partial charge in [-0.1, -0.05) is 35.3 Å². The minimum Gasteiger partial charge on any atom is -0.484 e. The second-order valence-electron chi connectivity index (χ2n) is 6.83. The van der Waals surface area contributed by atoms with Gasteiger partial charge in [0.25, 0.3) is 5.91 Å². The van der Waals surface area contributed by atoms with E-state index in [4.69, 9.17) is 27.9 Å². The van der Waals surface area contributed by atoms with E-state index in [1.54, 1.807) is 25.1 Å². The molecule has 5 nitrogen and oxygen atoms in total. The van der Waals surface area contributed by atoms with E-state index in [2.05, 4.69) is 5.32 Å². The topological polar surface area (TPSA) is 58.6 Å². The van der Waals surface area contributed by atoms with Gasteiger partial charge in [-0.05, 0) is 63.1 Å². The summed E-state index contributed by atoms with van der Waals surface area (Å²) in [5, 5.41) is 3.62. The van der Waals surface area contributed by atoms with Crippen LogP contribution in [0.15, 0.2) is 36.4 Å². The maximum Gasteiger partial charge on any atom is 0.261 e. The Hall–Kier alpha value is -2.24. The van der Waals surface area contributed by atoms with Gasteiger partial charge in [0.2, 0.25) is 5.91 Å². The number of ether oxygens (including phenoxy) is 1. The number of hydrogen-bond donors (Lipinski definition) is 1. The molecule has 0 aliphatic rings. The Bertz CT molecular complexity index is 866. The average molecular weight is 437 g/mol. The third kappa shape index (κ3) is 6.12. The maximum atomic E-state index is 13.0. The van der Waals surface area contributed by atoms with Crippen LogP contribution in [0.1, 0.15) is 30.5 Å². The van der Waals surface area contributed by atoms with E-state index in [0.29, 0.717) is 27.9 Å². The van der Waals surface area contributed by atoms with Crippen molar-refractivity contribution in [3.05, 3.63) is 63.1 Å². The van der Waals surface area contributed by atoms with Gasteiger partial charge in [-0.15, -0.1) is 0 Å². The molecule has 0 aliphatic carbocycles. The summed E-state index contributed by atoms with van der Waals surface area (Å²) in [4.78, 5) is 26.8. The third-order valence-electron chi connectivity index (χ3n) is 4.75. The lowest BCUT2D eigenvalue weighted by atomic mass is 10.1. The molecule has 2 aromatic carbocycles. The van der Waals surface area contributed by atoms with Crippen LogP contribution in [0.5, 0.6) is 5.75 Å². The van der Waals surface area contributed by atoms with E-state index in [1.807, 2.05) is 39.0 Å². The van der Waals surface area contributed by atoms with Crippen molar-refractivity contribution in [1.29, 1.82) is 0 Å². The molecule has 29 heavy (non-hydrogen) atoms. The number of halogens is 2. The summed E-state index contributed by atoms with van der Waals surface area (Å²) in [6.45, 7) is 7.85. The van der Waals surface area contributed by atoms with Gasteiger partial charge in [-0.3, -0.25) is 9.59 Å². The van der Waals surface area contributed by atoms with Gasteiger partial charge >= 0.3 is 0 Å². The first-order valence-electron chi connectivity index (χ1n) is 9.44. The van der Waals surface area contributed by atoms with Crippen LogP contribution in [0, 0.1) is 13.8 Å². The van der Waals surface area contributed by atoms with Crippen LogP contribution in [-0.4, -0.2) is 35.9 Å². The summed E-state index contributed by atoms with van der Waals surface area (Å²) >= 11 is 12.5. The van der Waals surface area contributed by atoms with E-state index < -0.39 is 6.04 Å². The molecule has 1 atom stereocenters. The molecule has 0 aliphatic heterocycles. The number of benzene rings is 2.